The van der Waals surface area contributed by atoms with Crippen LogP contribution in [-0.4, -0.2) is 18.3 Å². The maximum atomic E-state index is 11.4. The molecule has 0 bridgehead atoms. The highest BCUT2D eigenvalue weighted by atomic mass is 32.2. The number of thioether (sulfide) groups is 1. The number of rotatable bonds is 4. The Labute approximate surface area is 92.7 Å². The van der Waals surface area contributed by atoms with Crippen LogP contribution in [-0.2, 0) is 9.53 Å². The fourth-order valence-electron chi connectivity index (χ4n) is 1.03. The van der Waals surface area contributed by atoms with Gasteiger partial charge >= 0.3 is 5.97 Å². The summed E-state index contributed by atoms with van der Waals surface area (Å²) in [4.78, 5) is 11.4. The summed E-state index contributed by atoms with van der Waals surface area (Å²) in [6.45, 7) is 4.06. The van der Waals surface area contributed by atoms with E-state index in [1.54, 1.807) is 23.1 Å². The third-order valence-corrected chi connectivity index (χ3v) is 4.38. The largest absolute Gasteiger partial charge is 0.468 e. The van der Waals surface area contributed by atoms with E-state index >= 15 is 0 Å². The third kappa shape index (κ3) is 3.03. The molecule has 1 aromatic rings. The third-order valence-electron chi connectivity index (χ3n) is 1.78. The summed E-state index contributed by atoms with van der Waals surface area (Å²) in [6, 6.07) is 4.01. The van der Waals surface area contributed by atoms with E-state index in [4.69, 9.17) is 4.74 Å². The van der Waals surface area contributed by atoms with E-state index in [-0.39, 0.29) is 17.1 Å². The number of esters is 1. The van der Waals surface area contributed by atoms with Crippen LogP contribution in [0.3, 0.4) is 0 Å². The number of thiophene rings is 1. The summed E-state index contributed by atoms with van der Waals surface area (Å²) in [5, 5.41) is 1.91. The lowest BCUT2D eigenvalue weighted by molar-refractivity contribution is -0.140. The molecule has 0 spiro atoms. The summed E-state index contributed by atoms with van der Waals surface area (Å²) in [7, 11) is 1.44. The molecule has 0 aliphatic rings. The first-order chi connectivity index (χ1) is 6.65. The molecule has 0 aliphatic carbocycles. The molecular weight excluding hydrogens is 216 g/mol. The highest BCUT2D eigenvalue weighted by molar-refractivity contribution is 8.02. The molecule has 0 aromatic carbocycles. The minimum Gasteiger partial charge on any atom is -0.468 e. The summed E-state index contributed by atoms with van der Waals surface area (Å²) in [5.74, 6) is 0.146. The number of carbonyl (C=O) groups is 1. The molecule has 0 fully saturated rings. The molecule has 0 saturated carbocycles. The Hall–Kier alpha value is -0.480. The first kappa shape index (κ1) is 11.6. The average Bonchev–Trinajstić information content (AvgIpc) is 2.65. The predicted octanol–water partition coefficient (Wildman–Crippen LogP) is 3.04. The van der Waals surface area contributed by atoms with Gasteiger partial charge < -0.3 is 4.74 Å². The van der Waals surface area contributed by atoms with Gasteiger partial charge in [-0.2, -0.15) is 0 Å². The summed E-state index contributed by atoms with van der Waals surface area (Å²) < 4.78 is 5.93. The van der Waals surface area contributed by atoms with E-state index in [9.17, 15) is 4.79 Å². The fraction of sp³-hybridized carbons (Fsp3) is 0.500. The Morgan fingerprint density at radius 3 is 2.71 bits per heavy atom. The maximum absolute atomic E-state index is 11.4. The van der Waals surface area contributed by atoms with Gasteiger partial charge in [-0.1, -0.05) is 31.7 Å². The van der Waals surface area contributed by atoms with Crippen molar-refractivity contribution < 1.29 is 9.53 Å². The Morgan fingerprint density at radius 2 is 2.29 bits per heavy atom. The van der Waals surface area contributed by atoms with Crippen molar-refractivity contribution in [3.05, 3.63) is 17.5 Å². The smallest absolute Gasteiger partial charge is 0.319 e. The minimum atomic E-state index is -0.140. The minimum absolute atomic E-state index is 0.0985. The monoisotopic (exact) mass is 230 g/mol. The Kier molecular flexibility index (Phi) is 4.48. The molecule has 0 aliphatic heterocycles. The fourth-order valence-corrected chi connectivity index (χ4v) is 3.05. The van der Waals surface area contributed by atoms with Crippen molar-refractivity contribution in [3.63, 3.8) is 0 Å². The van der Waals surface area contributed by atoms with Crippen LogP contribution >= 0.6 is 23.1 Å². The van der Waals surface area contributed by atoms with Crippen LogP contribution < -0.4 is 0 Å². The molecule has 0 saturated heterocycles. The Morgan fingerprint density at radius 1 is 1.57 bits per heavy atom. The van der Waals surface area contributed by atoms with Gasteiger partial charge in [0.2, 0.25) is 0 Å². The zero-order chi connectivity index (χ0) is 10.6. The van der Waals surface area contributed by atoms with Gasteiger partial charge in [0, 0.05) is 0 Å². The van der Waals surface area contributed by atoms with Crippen molar-refractivity contribution in [2.75, 3.05) is 7.11 Å². The van der Waals surface area contributed by atoms with Crippen LogP contribution in [0.2, 0.25) is 0 Å². The lowest BCUT2D eigenvalue weighted by atomic mass is 10.1. The summed E-state index contributed by atoms with van der Waals surface area (Å²) in [6.07, 6.45) is 0. The van der Waals surface area contributed by atoms with Crippen LogP contribution in [0.1, 0.15) is 13.8 Å². The van der Waals surface area contributed by atoms with Crippen molar-refractivity contribution in [1.82, 2.24) is 0 Å². The van der Waals surface area contributed by atoms with E-state index in [1.165, 1.54) is 7.11 Å². The van der Waals surface area contributed by atoms with Crippen molar-refractivity contribution in [1.29, 1.82) is 0 Å². The molecule has 1 atom stereocenters. The summed E-state index contributed by atoms with van der Waals surface area (Å²) in [5.41, 5.74) is 0. The summed E-state index contributed by atoms with van der Waals surface area (Å²) >= 11 is 3.23. The molecule has 1 aromatic heterocycles. The quantitative estimate of drug-likeness (QED) is 0.587. The SMILES string of the molecule is COC(=O)C(Sc1cccs1)C(C)C. The zero-order valence-electron chi connectivity index (χ0n) is 8.52. The predicted molar refractivity (Wildman–Crippen MR) is 60.8 cm³/mol. The van der Waals surface area contributed by atoms with Gasteiger partial charge in [0.05, 0.1) is 11.3 Å². The number of methoxy groups -OCH3 is 1. The molecule has 0 radical (unpaired) electrons. The standard InChI is InChI=1S/C10H14O2S2/c1-7(2)9(10(11)12-3)14-8-5-4-6-13-8/h4-7,9H,1-3H3. The van der Waals surface area contributed by atoms with Gasteiger partial charge in [-0.05, 0) is 17.4 Å². The molecular formula is C10H14O2S2. The normalized spacial score (nSPS) is 12.9. The van der Waals surface area contributed by atoms with Gasteiger partial charge in [-0.25, -0.2) is 0 Å². The highest BCUT2D eigenvalue weighted by Gasteiger charge is 2.24. The van der Waals surface area contributed by atoms with Crippen LogP contribution in [0.4, 0.5) is 0 Å². The first-order valence-corrected chi connectivity index (χ1v) is 6.19. The lowest BCUT2D eigenvalue weighted by Crippen LogP contribution is -2.24. The maximum Gasteiger partial charge on any atom is 0.319 e. The van der Waals surface area contributed by atoms with E-state index in [0.717, 1.165) is 4.21 Å². The molecule has 78 valence electrons. The molecule has 4 heteroatoms. The van der Waals surface area contributed by atoms with Crippen molar-refractivity contribution >= 4 is 29.1 Å². The molecule has 14 heavy (non-hydrogen) atoms. The van der Waals surface area contributed by atoms with E-state index in [0.29, 0.717) is 0 Å². The van der Waals surface area contributed by atoms with Gasteiger partial charge in [0.1, 0.15) is 5.25 Å². The van der Waals surface area contributed by atoms with E-state index in [1.807, 2.05) is 31.4 Å². The van der Waals surface area contributed by atoms with Gasteiger partial charge in [-0.15, -0.1) is 11.3 Å². The van der Waals surface area contributed by atoms with Crippen LogP contribution in [0.25, 0.3) is 0 Å². The van der Waals surface area contributed by atoms with Crippen LogP contribution in [0, 0.1) is 5.92 Å². The molecule has 1 rings (SSSR count). The number of ether oxygens (including phenoxy) is 1. The highest BCUT2D eigenvalue weighted by Crippen LogP contribution is 2.32. The average molecular weight is 230 g/mol. The van der Waals surface area contributed by atoms with Crippen LogP contribution in [0.15, 0.2) is 21.7 Å². The van der Waals surface area contributed by atoms with Crippen molar-refractivity contribution in [2.24, 2.45) is 5.92 Å². The second kappa shape index (κ2) is 5.41. The van der Waals surface area contributed by atoms with Gasteiger partial charge in [-0.3, -0.25) is 4.79 Å². The molecule has 1 heterocycles. The van der Waals surface area contributed by atoms with E-state index < -0.39 is 0 Å². The zero-order valence-corrected chi connectivity index (χ0v) is 10.2. The Bertz CT molecular complexity index is 280. The second-order valence-corrected chi connectivity index (χ2v) is 5.63. The second-order valence-electron chi connectivity index (χ2n) is 3.24. The molecule has 2 nitrogen and oxygen atoms in total. The van der Waals surface area contributed by atoms with Crippen molar-refractivity contribution in [2.45, 2.75) is 23.3 Å². The van der Waals surface area contributed by atoms with Gasteiger partial charge in [0.15, 0.2) is 0 Å². The Balaban J connectivity index is 2.65. The van der Waals surface area contributed by atoms with Crippen LogP contribution in [0.5, 0.6) is 0 Å². The molecule has 0 amide bonds. The van der Waals surface area contributed by atoms with E-state index in [2.05, 4.69) is 0 Å². The topological polar surface area (TPSA) is 26.3 Å². The molecule has 1 unspecified atom stereocenters. The first-order valence-electron chi connectivity index (χ1n) is 4.43. The number of hydrogen-bond donors (Lipinski definition) is 0. The van der Waals surface area contributed by atoms with Crippen molar-refractivity contribution in [3.8, 4) is 0 Å². The molecule has 0 N–H and O–H groups in total. The lowest BCUT2D eigenvalue weighted by Gasteiger charge is -2.16. The number of carbonyl (C=O) groups excluding carboxylic acids is 1. The van der Waals surface area contributed by atoms with Gasteiger partial charge in [0.25, 0.3) is 0 Å². The number of hydrogen-bond acceptors (Lipinski definition) is 4.